The number of anilines is 10. The fourth-order valence-corrected chi connectivity index (χ4v) is 4.48. The quantitative estimate of drug-likeness (QED) is 0.0575. The van der Waals surface area contributed by atoms with Crippen molar-refractivity contribution in [2.45, 2.75) is 0 Å². The van der Waals surface area contributed by atoms with Gasteiger partial charge in [-0.1, -0.05) is 58.0 Å². The third-order valence-corrected chi connectivity index (χ3v) is 8.08. The molecule has 40 nitrogen and oxygen atoms in total. The van der Waals surface area contributed by atoms with Crippen molar-refractivity contribution in [1.29, 1.82) is 0 Å². The largest absolute Gasteiger partial charge is 0.382 e. The predicted octanol–water partition coefficient (Wildman–Crippen LogP) is -6.46. The summed E-state index contributed by atoms with van der Waals surface area (Å²) in [5.74, 6) is -7.51. The van der Waals surface area contributed by atoms with Gasteiger partial charge in [-0.05, 0) is 0 Å². The molecule has 0 saturated carbocycles. The van der Waals surface area contributed by atoms with E-state index in [2.05, 4.69) is 74.8 Å². The molecule has 75 heavy (non-hydrogen) atoms. The third kappa shape index (κ3) is 20.1. The van der Waals surface area contributed by atoms with Gasteiger partial charge in [-0.2, -0.15) is 25.0 Å². The second-order valence-corrected chi connectivity index (χ2v) is 14.2. The number of aliphatic imine (C=N–C) groups is 5. The first-order valence-electron chi connectivity index (χ1n) is 18.2. The minimum absolute atomic E-state index is 0.0737. The van der Waals surface area contributed by atoms with Crippen LogP contribution in [-0.4, -0.2) is 109 Å². The Morgan fingerprint density at radius 1 is 0.240 bits per heavy atom. The maximum atomic E-state index is 11.3. The summed E-state index contributed by atoms with van der Waals surface area (Å²) >= 11 is 27.7. The van der Waals surface area contributed by atoms with E-state index in [9.17, 15) is 24.0 Å². The Hall–Kier alpha value is -10.5. The highest BCUT2D eigenvalue weighted by molar-refractivity contribution is 6.33. The molecule has 5 rings (SSSR count). The molecule has 0 fully saturated rings. The van der Waals surface area contributed by atoms with Crippen molar-refractivity contribution in [3.8, 4) is 0 Å². The predicted molar refractivity (Wildman–Crippen MR) is 280 cm³/mol. The van der Waals surface area contributed by atoms with Gasteiger partial charge >= 0.3 is 29.5 Å². The van der Waals surface area contributed by atoms with Crippen LogP contribution in [0.3, 0.4) is 0 Å². The molecule has 0 saturated heterocycles. The highest BCUT2D eigenvalue weighted by Gasteiger charge is 2.19. The fraction of sp³-hybridized carbons (Fsp3) is 0. The minimum Gasteiger partial charge on any atom is -0.382 e. The van der Waals surface area contributed by atoms with Crippen LogP contribution in [0.1, 0.15) is 52.4 Å². The SMILES string of the molecule is NC(N)=NC(=O)c1nc(Cl)c(N)nc1N.NC(N)=NC(=O)c1nc(Cl)c(N)nc1N.NC(N)=NC(=O)c1nc(Cl)c(N)nc1N.NC(N)=NC(=O)c1nc(Cl)c(N)nc1N.NC(N)=NC(=O)c1nc(Cl)c(N)nc1N. The standard InChI is InChI=1S/5C6H8ClN7O/c5*7-2-4(9)13-3(8)1(12-2)5(15)14-6(10)11/h5*(H4,8,9,13)(H4,10,11,14,15). The molecular formula is C30H40Cl5N35O5. The van der Waals surface area contributed by atoms with Crippen LogP contribution in [0.2, 0.25) is 25.8 Å². The van der Waals surface area contributed by atoms with Crippen molar-refractivity contribution >= 4 is 176 Å². The Balaban J connectivity index is 0.000000469. The lowest BCUT2D eigenvalue weighted by atomic mass is 10.4. The Kier molecular flexibility index (Phi) is 23.2. The molecule has 0 aliphatic rings. The first kappa shape index (κ1) is 62.6. The summed E-state index contributed by atoms with van der Waals surface area (Å²) in [7, 11) is 0. The highest BCUT2D eigenvalue weighted by Crippen LogP contribution is 2.21. The summed E-state index contributed by atoms with van der Waals surface area (Å²) in [6, 6.07) is 0. The zero-order valence-electron chi connectivity index (χ0n) is 37.2. The smallest absolute Gasteiger partial charge is 0.302 e. The maximum absolute atomic E-state index is 11.3. The van der Waals surface area contributed by atoms with Gasteiger partial charge in [0.25, 0.3) is 0 Å². The lowest BCUT2D eigenvalue weighted by molar-refractivity contribution is 0.0990. The number of nitrogen functional groups attached to an aromatic ring is 10. The molecule has 400 valence electrons. The van der Waals surface area contributed by atoms with Gasteiger partial charge in [0, 0.05) is 0 Å². The van der Waals surface area contributed by atoms with Crippen molar-refractivity contribution in [2.24, 2.45) is 82.3 Å². The topological polar surface area (TPSA) is 796 Å². The van der Waals surface area contributed by atoms with Gasteiger partial charge in [-0.25, -0.2) is 49.8 Å². The van der Waals surface area contributed by atoms with E-state index in [1.165, 1.54) is 0 Å². The van der Waals surface area contributed by atoms with Gasteiger partial charge in [0.2, 0.25) is 0 Å². The lowest BCUT2D eigenvalue weighted by Gasteiger charge is -2.02. The van der Waals surface area contributed by atoms with Gasteiger partial charge in [0.15, 0.2) is 142 Å². The zero-order chi connectivity index (χ0) is 57.9. The number of aromatic nitrogens is 10. The van der Waals surface area contributed by atoms with E-state index in [1.54, 1.807) is 0 Å². The molecule has 5 aromatic heterocycles. The van der Waals surface area contributed by atoms with Crippen LogP contribution in [0.5, 0.6) is 0 Å². The van der Waals surface area contributed by atoms with Crippen LogP contribution >= 0.6 is 58.0 Å². The van der Waals surface area contributed by atoms with E-state index >= 15 is 0 Å². The Labute approximate surface area is 441 Å². The summed E-state index contributed by atoms with van der Waals surface area (Å²) in [5, 5.41) is -0.702. The van der Waals surface area contributed by atoms with Crippen LogP contribution in [0.4, 0.5) is 58.2 Å². The summed E-state index contributed by atoms with van der Waals surface area (Å²) in [6.07, 6.45) is 0. The molecule has 0 spiro atoms. The average Bonchev–Trinajstić information content (AvgIpc) is 3.26. The zero-order valence-corrected chi connectivity index (χ0v) is 41.0. The fourth-order valence-electron chi connectivity index (χ4n) is 3.85. The molecule has 5 amide bonds. The Morgan fingerprint density at radius 3 is 0.467 bits per heavy atom. The van der Waals surface area contributed by atoms with Gasteiger partial charge in [0.05, 0.1) is 0 Å². The van der Waals surface area contributed by atoms with Gasteiger partial charge < -0.3 is 115 Å². The number of nitrogens with zero attached hydrogens (tertiary/aromatic N) is 15. The van der Waals surface area contributed by atoms with Crippen LogP contribution in [0.25, 0.3) is 0 Å². The summed E-state index contributed by atoms with van der Waals surface area (Å²) in [5.41, 5.74) is 102. The van der Waals surface area contributed by atoms with E-state index in [0.29, 0.717) is 0 Å². The van der Waals surface area contributed by atoms with E-state index in [-0.39, 0.29) is 112 Å². The first-order chi connectivity index (χ1) is 34.6. The van der Waals surface area contributed by atoms with Gasteiger partial charge in [0.1, 0.15) is 0 Å². The normalized spacial score (nSPS) is 9.67. The Morgan fingerprint density at radius 2 is 0.360 bits per heavy atom. The first-order valence-corrected chi connectivity index (χ1v) is 20.1. The van der Waals surface area contributed by atoms with E-state index < -0.39 is 59.3 Å². The van der Waals surface area contributed by atoms with Crippen LogP contribution in [-0.2, 0) is 0 Å². The molecule has 0 radical (unpaired) electrons. The van der Waals surface area contributed by atoms with E-state index in [0.717, 1.165) is 0 Å². The monoisotopic (exact) mass is 1150 g/mol. The van der Waals surface area contributed by atoms with E-state index in [1.807, 2.05) is 0 Å². The highest BCUT2D eigenvalue weighted by atomic mass is 35.5. The summed E-state index contributed by atoms with van der Waals surface area (Å²) in [4.78, 5) is 109. The van der Waals surface area contributed by atoms with Crippen molar-refractivity contribution in [2.75, 3.05) is 57.3 Å². The number of carbonyl (C=O) groups excluding carboxylic acids is 5. The average molecular weight is 1150 g/mol. The van der Waals surface area contributed by atoms with Crippen molar-refractivity contribution in [1.82, 2.24) is 49.8 Å². The number of guanidine groups is 5. The van der Waals surface area contributed by atoms with E-state index in [4.69, 9.17) is 173 Å². The van der Waals surface area contributed by atoms with Crippen LogP contribution in [0.15, 0.2) is 25.0 Å². The third-order valence-electron chi connectivity index (χ3n) is 6.69. The molecule has 0 aromatic carbocycles. The van der Waals surface area contributed by atoms with Crippen molar-refractivity contribution < 1.29 is 24.0 Å². The molecule has 0 atom stereocenters. The summed E-state index contributed by atoms with van der Waals surface area (Å²) in [6.45, 7) is 0. The van der Waals surface area contributed by atoms with Gasteiger partial charge in [-0.3, -0.25) is 24.0 Å². The molecule has 40 N–H and O–H groups in total. The number of amides is 5. The molecular weight excluding hydrogens is 1110 g/mol. The number of hydrogen-bond acceptors (Lipinski definition) is 25. The second kappa shape index (κ2) is 27.8. The minimum atomic E-state index is -0.832. The lowest BCUT2D eigenvalue weighted by Crippen LogP contribution is -2.25. The van der Waals surface area contributed by atoms with Crippen molar-refractivity contribution in [3.05, 3.63) is 54.2 Å². The molecule has 5 heterocycles. The van der Waals surface area contributed by atoms with Gasteiger partial charge in [-0.15, -0.1) is 0 Å². The van der Waals surface area contributed by atoms with Crippen LogP contribution < -0.4 is 115 Å². The number of nitrogens with two attached hydrogens (primary N) is 20. The molecule has 0 unspecified atom stereocenters. The number of rotatable bonds is 5. The summed E-state index contributed by atoms with van der Waals surface area (Å²) < 4.78 is 0. The Bertz CT molecular complexity index is 2680. The van der Waals surface area contributed by atoms with Crippen LogP contribution in [0, 0.1) is 0 Å². The van der Waals surface area contributed by atoms with Crippen molar-refractivity contribution in [3.63, 3.8) is 0 Å². The number of carbonyl (C=O) groups is 5. The second-order valence-electron chi connectivity index (χ2n) is 12.4. The molecule has 0 bridgehead atoms. The molecule has 45 heteroatoms. The maximum Gasteiger partial charge on any atom is 0.302 e. The molecule has 0 aliphatic heterocycles. The molecule has 5 aromatic rings. The number of halogens is 5. The molecule has 0 aliphatic carbocycles. The number of hydrogen-bond donors (Lipinski definition) is 20.